The third kappa shape index (κ3) is 4.86. The summed E-state index contributed by atoms with van der Waals surface area (Å²) in [5, 5.41) is 3.23. The summed E-state index contributed by atoms with van der Waals surface area (Å²) in [5.41, 5.74) is 2.77. The van der Waals surface area contributed by atoms with Crippen molar-refractivity contribution < 1.29 is 4.79 Å². The van der Waals surface area contributed by atoms with Gasteiger partial charge >= 0.3 is 0 Å². The van der Waals surface area contributed by atoms with E-state index in [1.165, 1.54) is 18.5 Å². The van der Waals surface area contributed by atoms with Crippen molar-refractivity contribution in [1.82, 2.24) is 14.9 Å². The molecule has 0 unspecified atom stereocenters. The highest BCUT2D eigenvalue weighted by molar-refractivity contribution is 5.93. The molecule has 2 aliphatic rings. The molecule has 0 saturated carbocycles. The first-order valence-corrected chi connectivity index (χ1v) is 10.8. The van der Waals surface area contributed by atoms with Crippen molar-refractivity contribution in [2.24, 2.45) is 11.8 Å². The van der Waals surface area contributed by atoms with Gasteiger partial charge in [0, 0.05) is 49.9 Å². The van der Waals surface area contributed by atoms with Gasteiger partial charge in [0.1, 0.15) is 0 Å². The van der Waals surface area contributed by atoms with Crippen LogP contribution in [-0.2, 0) is 0 Å². The summed E-state index contributed by atoms with van der Waals surface area (Å²) in [4.78, 5) is 25.7. The van der Waals surface area contributed by atoms with Gasteiger partial charge in [-0.25, -0.2) is 9.97 Å². The third-order valence-electron chi connectivity index (χ3n) is 6.24. The molecule has 0 aliphatic carbocycles. The number of amides is 1. The summed E-state index contributed by atoms with van der Waals surface area (Å²) in [6, 6.07) is 8.41. The van der Waals surface area contributed by atoms with Gasteiger partial charge in [0.05, 0.1) is 5.56 Å². The van der Waals surface area contributed by atoms with Gasteiger partial charge in [0.2, 0.25) is 5.95 Å². The number of aromatic nitrogens is 2. The second kappa shape index (κ2) is 8.80. The molecule has 1 N–H and O–H groups in total. The summed E-state index contributed by atoms with van der Waals surface area (Å²) in [6.45, 7) is 8.47. The number of hydrogen-bond donors (Lipinski definition) is 1. The number of anilines is 3. The van der Waals surface area contributed by atoms with E-state index >= 15 is 0 Å². The molecule has 4 rings (SSSR count). The highest BCUT2D eigenvalue weighted by atomic mass is 16.2. The van der Waals surface area contributed by atoms with E-state index in [1.54, 1.807) is 12.4 Å². The lowest BCUT2D eigenvalue weighted by atomic mass is 9.99. The second-order valence-corrected chi connectivity index (χ2v) is 8.61. The van der Waals surface area contributed by atoms with E-state index in [0.717, 1.165) is 50.6 Å². The van der Waals surface area contributed by atoms with Crippen LogP contribution in [0.5, 0.6) is 0 Å². The molecule has 1 amide bonds. The van der Waals surface area contributed by atoms with Gasteiger partial charge in [-0.1, -0.05) is 13.8 Å². The molecule has 1 aromatic carbocycles. The van der Waals surface area contributed by atoms with Crippen molar-refractivity contribution >= 4 is 23.2 Å². The molecule has 2 fully saturated rings. The number of carbonyl (C=O) groups is 1. The highest BCUT2D eigenvalue weighted by Gasteiger charge is 2.22. The molecule has 29 heavy (non-hydrogen) atoms. The monoisotopic (exact) mass is 393 g/mol. The molecule has 0 atom stereocenters. The molecule has 6 nitrogen and oxygen atoms in total. The maximum atomic E-state index is 12.6. The van der Waals surface area contributed by atoms with Gasteiger partial charge in [0.15, 0.2) is 0 Å². The number of likely N-dealkylation sites (tertiary alicyclic amines) is 1. The van der Waals surface area contributed by atoms with Crippen molar-refractivity contribution in [3.63, 3.8) is 0 Å². The zero-order valence-corrected chi connectivity index (χ0v) is 17.5. The number of piperidine rings is 2. The highest BCUT2D eigenvalue weighted by Crippen LogP contribution is 2.25. The maximum absolute atomic E-state index is 12.6. The first-order valence-electron chi connectivity index (χ1n) is 10.8. The number of hydrogen-bond acceptors (Lipinski definition) is 5. The molecule has 2 aromatic rings. The van der Waals surface area contributed by atoms with Gasteiger partial charge in [-0.05, 0) is 61.8 Å². The predicted octanol–water partition coefficient (Wildman–Crippen LogP) is 4.33. The minimum Gasteiger partial charge on any atom is -0.372 e. The summed E-state index contributed by atoms with van der Waals surface area (Å²) < 4.78 is 0. The Morgan fingerprint density at radius 3 is 2.03 bits per heavy atom. The van der Waals surface area contributed by atoms with Gasteiger partial charge in [-0.2, -0.15) is 0 Å². The molecular formula is C23H31N5O. The molecule has 6 heteroatoms. The summed E-state index contributed by atoms with van der Waals surface area (Å²) >= 11 is 0. The zero-order chi connectivity index (χ0) is 20.2. The molecule has 0 bridgehead atoms. The first-order chi connectivity index (χ1) is 14.1. The minimum absolute atomic E-state index is 0.0312. The fourth-order valence-corrected chi connectivity index (χ4v) is 4.05. The van der Waals surface area contributed by atoms with Gasteiger partial charge < -0.3 is 15.1 Å². The number of nitrogens with one attached hydrogen (secondary N) is 1. The lowest BCUT2D eigenvalue weighted by molar-refractivity contribution is 0.0696. The standard InChI is InChI=1S/C23H31N5O/c1-17-7-11-27(12-8-17)21-5-3-20(4-6-21)26-23-24-15-19(16-25-23)22(29)28-13-9-18(2)10-14-28/h3-6,15-18H,7-14H2,1-2H3,(H,24,25,26). The van der Waals surface area contributed by atoms with Crippen LogP contribution in [0.4, 0.5) is 17.3 Å². The van der Waals surface area contributed by atoms with Crippen LogP contribution in [-0.4, -0.2) is 47.0 Å². The smallest absolute Gasteiger partial charge is 0.256 e. The fraction of sp³-hybridized carbons (Fsp3) is 0.522. The van der Waals surface area contributed by atoms with E-state index < -0.39 is 0 Å². The SMILES string of the molecule is CC1CCN(C(=O)c2cnc(Nc3ccc(N4CCC(C)CC4)cc3)nc2)CC1. The topological polar surface area (TPSA) is 61.4 Å². The Kier molecular flexibility index (Phi) is 5.97. The molecule has 0 radical (unpaired) electrons. The van der Waals surface area contributed by atoms with E-state index in [0.29, 0.717) is 17.4 Å². The molecule has 154 valence electrons. The normalized spacial score (nSPS) is 18.7. The maximum Gasteiger partial charge on any atom is 0.256 e. The molecule has 1 aromatic heterocycles. The Balaban J connectivity index is 1.34. The van der Waals surface area contributed by atoms with Crippen LogP contribution in [0, 0.1) is 11.8 Å². The Morgan fingerprint density at radius 1 is 0.897 bits per heavy atom. The number of nitrogens with zero attached hydrogens (tertiary/aromatic N) is 4. The van der Waals surface area contributed by atoms with Gasteiger partial charge in [0.25, 0.3) is 5.91 Å². The predicted molar refractivity (Wildman–Crippen MR) is 117 cm³/mol. The fourth-order valence-electron chi connectivity index (χ4n) is 4.05. The van der Waals surface area contributed by atoms with E-state index in [2.05, 4.69) is 58.3 Å². The Labute approximate surface area is 173 Å². The van der Waals surface area contributed by atoms with E-state index in [-0.39, 0.29) is 5.91 Å². The van der Waals surface area contributed by atoms with E-state index in [9.17, 15) is 4.79 Å². The Morgan fingerprint density at radius 2 is 1.45 bits per heavy atom. The Hall–Kier alpha value is -2.63. The Bertz CT molecular complexity index is 804. The van der Waals surface area contributed by atoms with E-state index in [1.807, 2.05) is 4.90 Å². The van der Waals surface area contributed by atoms with E-state index in [4.69, 9.17) is 0 Å². The van der Waals surface area contributed by atoms with Gasteiger partial charge in [-0.15, -0.1) is 0 Å². The summed E-state index contributed by atoms with van der Waals surface area (Å²) in [5.74, 6) is 2.07. The summed E-state index contributed by atoms with van der Waals surface area (Å²) in [6.07, 6.45) is 7.90. The largest absolute Gasteiger partial charge is 0.372 e. The quantitative estimate of drug-likeness (QED) is 0.838. The molecule has 2 saturated heterocycles. The molecule has 3 heterocycles. The van der Waals surface area contributed by atoms with Crippen molar-refractivity contribution in [1.29, 1.82) is 0 Å². The zero-order valence-electron chi connectivity index (χ0n) is 17.5. The third-order valence-corrected chi connectivity index (χ3v) is 6.24. The lowest BCUT2D eigenvalue weighted by Gasteiger charge is -2.32. The van der Waals surface area contributed by atoms with Crippen LogP contribution in [0.25, 0.3) is 0 Å². The van der Waals surface area contributed by atoms with Crippen molar-refractivity contribution in [3.8, 4) is 0 Å². The average molecular weight is 394 g/mol. The number of benzene rings is 1. The minimum atomic E-state index is 0.0312. The van der Waals surface area contributed by atoms with Crippen molar-refractivity contribution in [2.45, 2.75) is 39.5 Å². The number of rotatable bonds is 4. The molecule has 2 aliphatic heterocycles. The molecule has 0 spiro atoms. The van der Waals surface area contributed by atoms with Gasteiger partial charge in [-0.3, -0.25) is 4.79 Å². The van der Waals surface area contributed by atoms with Crippen LogP contribution in [0.1, 0.15) is 49.9 Å². The number of carbonyl (C=O) groups excluding carboxylic acids is 1. The van der Waals surface area contributed by atoms with Crippen LogP contribution in [0.2, 0.25) is 0 Å². The van der Waals surface area contributed by atoms with Crippen LogP contribution in [0.15, 0.2) is 36.7 Å². The lowest BCUT2D eigenvalue weighted by Crippen LogP contribution is -2.38. The van der Waals surface area contributed by atoms with Crippen LogP contribution >= 0.6 is 0 Å². The van der Waals surface area contributed by atoms with Crippen LogP contribution in [0.3, 0.4) is 0 Å². The van der Waals surface area contributed by atoms with Crippen molar-refractivity contribution in [2.75, 3.05) is 36.4 Å². The summed E-state index contributed by atoms with van der Waals surface area (Å²) in [7, 11) is 0. The average Bonchev–Trinajstić information content (AvgIpc) is 2.76. The van der Waals surface area contributed by atoms with Crippen molar-refractivity contribution in [3.05, 3.63) is 42.2 Å². The molecular weight excluding hydrogens is 362 g/mol. The first kappa shape index (κ1) is 19.7. The van der Waals surface area contributed by atoms with Crippen LogP contribution < -0.4 is 10.2 Å². The second-order valence-electron chi connectivity index (χ2n) is 8.61.